The molecule has 0 saturated carbocycles. The fourth-order valence-electron chi connectivity index (χ4n) is 3.97. The lowest BCUT2D eigenvalue weighted by Gasteiger charge is -2.18. The van der Waals surface area contributed by atoms with E-state index in [1.807, 2.05) is 30.3 Å². The van der Waals surface area contributed by atoms with Gasteiger partial charge in [-0.05, 0) is 44.0 Å². The van der Waals surface area contributed by atoms with E-state index in [1.54, 1.807) is 18.2 Å². The van der Waals surface area contributed by atoms with Crippen LogP contribution in [0.5, 0.6) is 17.2 Å². The number of hydrogen-bond acceptors (Lipinski definition) is 4. The molecular formula is C30H38O4. The highest BCUT2D eigenvalue weighted by Gasteiger charge is 2.22. The second-order valence-electron chi connectivity index (χ2n) is 8.82. The third-order valence-corrected chi connectivity index (χ3v) is 5.88. The van der Waals surface area contributed by atoms with Crippen molar-refractivity contribution in [1.29, 1.82) is 0 Å². The minimum absolute atomic E-state index is 0.402. The zero-order chi connectivity index (χ0) is 24.2. The maximum atomic E-state index is 13.3. The van der Waals surface area contributed by atoms with Gasteiger partial charge in [-0.25, -0.2) is 4.79 Å². The Balaban J connectivity index is 1.95. The number of aryl methyl sites for hydroxylation is 1. The quantitative estimate of drug-likeness (QED) is 0.137. The van der Waals surface area contributed by atoms with Crippen molar-refractivity contribution >= 4 is 16.7 Å². The average Bonchev–Trinajstić information content (AvgIpc) is 2.84. The number of rotatable bonds is 14. The first-order valence-electron chi connectivity index (χ1n) is 12.7. The molecule has 0 amide bonds. The standard InChI is InChI=1S/C30H38O4/c1-4-6-8-13-19-32-28-22-27(30(31)34-24-15-11-10-12-16-24)29(33-20-14-9-7-5-2)25-18-17-23(3)21-26(25)28/h10-12,15-18,21-22H,4-9,13-14,19-20H2,1-3H3. The molecule has 0 N–H and O–H groups in total. The Hall–Kier alpha value is -3.01. The van der Waals surface area contributed by atoms with Crippen LogP contribution in [0.1, 0.15) is 81.1 Å². The number of esters is 1. The van der Waals surface area contributed by atoms with Crippen molar-refractivity contribution in [2.24, 2.45) is 0 Å². The number of carbonyl (C=O) groups is 1. The van der Waals surface area contributed by atoms with E-state index in [4.69, 9.17) is 14.2 Å². The molecule has 0 aromatic heterocycles. The van der Waals surface area contributed by atoms with Gasteiger partial charge in [0.1, 0.15) is 22.8 Å². The van der Waals surface area contributed by atoms with Gasteiger partial charge in [0.2, 0.25) is 0 Å². The molecule has 0 bridgehead atoms. The molecule has 0 atom stereocenters. The Kier molecular flexibility index (Phi) is 10.3. The Morgan fingerprint density at radius 2 is 1.41 bits per heavy atom. The van der Waals surface area contributed by atoms with Gasteiger partial charge in [0, 0.05) is 10.8 Å². The number of para-hydroxylation sites is 1. The molecule has 4 heteroatoms. The molecule has 0 heterocycles. The predicted octanol–water partition coefficient (Wildman–Crippen LogP) is 8.29. The molecule has 3 aromatic rings. The van der Waals surface area contributed by atoms with Crippen LogP contribution in [-0.4, -0.2) is 19.2 Å². The maximum Gasteiger partial charge on any atom is 0.347 e. The summed E-state index contributed by atoms with van der Waals surface area (Å²) in [6.07, 6.45) is 8.90. The SMILES string of the molecule is CCCCCCOc1cc(C(=O)Oc2ccccc2)c(OCCCCCC)c2ccc(C)cc12. The van der Waals surface area contributed by atoms with Crippen molar-refractivity contribution in [3.63, 3.8) is 0 Å². The molecule has 0 aliphatic heterocycles. The third-order valence-electron chi connectivity index (χ3n) is 5.88. The van der Waals surface area contributed by atoms with Crippen LogP contribution in [0.2, 0.25) is 0 Å². The number of benzene rings is 3. The average molecular weight is 463 g/mol. The fourth-order valence-corrected chi connectivity index (χ4v) is 3.97. The van der Waals surface area contributed by atoms with E-state index < -0.39 is 5.97 Å². The summed E-state index contributed by atoms with van der Waals surface area (Å²) in [5.41, 5.74) is 1.54. The summed E-state index contributed by atoms with van der Waals surface area (Å²) in [6, 6.07) is 17.1. The third kappa shape index (κ3) is 7.24. The zero-order valence-electron chi connectivity index (χ0n) is 20.9. The molecule has 3 aromatic carbocycles. The highest BCUT2D eigenvalue weighted by Crippen LogP contribution is 2.38. The van der Waals surface area contributed by atoms with Gasteiger partial charge in [-0.15, -0.1) is 0 Å². The summed E-state index contributed by atoms with van der Waals surface area (Å²) in [5.74, 6) is 1.35. The van der Waals surface area contributed by atoms with Crippen LogP contribution in [0.15, 0.2) is 54.6 Å². The lowest BCUT2D eigenvalue weighted by atomic mass is 10.0. The number of carbonyl (C=O) groups excluding carboxylic acids is 1. The summed E-state index contributed by atoms with van der Waals surface area (Å²) >= 11 is 0. The first kappa shape index (κ1) is 25.6. The smallest absolute Gasteiger partial charge is 0.347 e. The van der Waals surface area contributed by atoms with Gasteiger partial charge < -0.3 is 14.2 Å². The van der Waals surface area contributed by atoms with Gasteiger partial charge in [0.25, 0.3) is 0 Å². The van der Waals surface area contributed by atoms with E-state index in [-0.39, 0.29) is 0 Å². The Morgan fingerprint density at radius 1 is 0.735 bits per heavy atom. The molecule has 34 heavy (non-hydrogen) atoms. The van der Waals surface area contributed by atoms with Crippen molar-refractivity contribution in [1.82, 2.24) is 0 Å². The van der Waals surface area contributed by atoms with Crippen LogP contribution in [0.4, 0.5) is 0 Å². The zero-order valence-corrected chi connectivity index (χ0v) is 20.9. The molecule has 3 rings (SSSR count). The summed E-state index contributed by atoms with van der Waals surface area (Å²) in [6.45, 7) is 7.63. The van der Waals surface area contributed by atoms with Crippen molar-refractivity contribution < 1.29 is 19.0 Å². The van der Waals surface area contributed by atoms with Crippen LogP contribution >= 0.6 is 0 Å². The fraction of sp³-hybridized carbons (Fsp3) is 0.433. The lowest BCUT2D eigenvalue weighted by Crippen LogP contribution is -2.13. The highest BCUT2D eigenvalue weighted by atomic mass is 16.5. The van der Waals surface area contributed by atoms with Crippen LogP contribution in [-0.2, 0) is 0 Å². The Morgan fingerprint density at radius 3 is 2.09 bits per heavy atom. The molecule has 4 nitrogen and oxygen atoms in total. The minimum atomic E-state index is -0.437. The number of hydrogen-bond donors (Lipinski definition) is 0. The summed E-state index contributed by atoms with van der Waals surface area (Å²) in [4.78, 5) is 13.3. The Labute approximate surface area is 204 Å². The number of ether oxygens (including phenoxy) is 3. The summed E-state index contributed by atoms with van der Waals surface area (Å²) in [5, 5.41) is 1.85. The molecule has 0 saturated heterocycles. The van der Waals surface area contributed by atoms with Crippen LogP contribution in [0.3, 0.4) is 0 Å². The lowest BCUT2D eigenvalue weighted by molar-refractivity contribution is 0.0730. The second-order valence-corrected chi connectivity index (χ2v) is 8.82. The van der Waals surface area contributed by atoms with E-state index in [0.29, 0.717) is 36.0 Å². The second kappa shape index (κ2) is 13.6. The van der Waals surface area contributed by atoms with Crippen molar-refractivity contribution in [3.05, 3.63) is 65.7 Å². The Bertz CT molecular complexity index is 1040. The monoisotopic (exact) mass is 462 g/mol. The van der Waals surface area contributed by atoms with Gasteiger partial charge >= 0.3 is 5.97 Å². The van der Waals surface area contributed by atoms with E-state index in [1.165, 1.54) is 25.7 Å². The van der Waals surface area contributed by atoms with Gasteiger partial charge in [0.15, 0.2) is 0 Å². The largest absolute Gasteiger partial charge is 0.493 e. The first-order valence-corrected chi connectivity index (χ1v) is 12.7. The van der Waals surface area contributed by atoms with E-state index in [2.05, 4.69) is 26.8 Å². The van der Waals surface area contributed by atoms with Gasteiger partial charge in [0.05, 0.1) is 13.2 Å². The van der Waals surface area contributed by atoms with Gasteiger partial charge in [-0.3, -0.25) is 0 Å². The highest BCUT2D eigenvalue weighted by molar-refractivity contribution is 6.04. The summed E-state index contributed by atoms with van der Waals surface area (Å²) < 4.78 is 18.2. The number of fused-ring (bicyclic) bond motifs is 1. The van der Waals surface area contributed by atoms with Crippen LogP contribution in [0, 0.1) is 6.92 Å². The normalized spacial score (nSPS) is 10.9. The van der Waals surface area contributed by atoms with Crippen molar-refractivity contribution in [3.8, 4) is 17.2 Å². The molecule has 0 spiro atoms. The molecule has 0 radical (unpaired) electrons. The van der Waals surface area contributed by atoms with Crippen LogP contribution in [0.25, 0.3) is 10.8 Å². The molecule has 0 unspecified atom stereocenters. The van der Waals surface area contributed by atoms with E-state index in [9.17, 15) is 4.79 Å². The first-order chi connectivity index (χ1) is 16.6. The van der Waals surface area contributed by atoms with E-state index >= 15 is 0 Å². The van der Waals surface area contributed by atoms with Gasteiger partial charge in [-0.2, -0.15) is 0 Å². The van der Waals surface area contributed by atoms with Gasteiger partial charge in [-0.1, -0.05) is 88.3 Å². The summed E-state index contributed by atoms with van der Waals surface area (Å²) in [7, 11) is 0. The predicted molar refractivity (Wildman–Crippen MR) is 139 cm³/mol. The molecule has 0 aliphatic carbocycles. The van der Waals surface area contributed by atoms with Crippen molar-refractivity contribution in [2.45, 2.75) is 72.1 Å². The number of unbranched alkanes of at least 4 members (excludes halogenated alkanes) is 6. The van der Waals surface area contributed by atoms with Crippen molar-refractivity contribution in [2.75, 3.05) is 13.2 Å². The van der Waals surface area contributed by atoms with E-state index in [0.717, 1.165) is 42.0 Å². The molecule has 0 aliphatic rings. The topological polar surface area (TPSA) is 44.8 Å². The molecule has 0 fully saturated rings. The maximum absolute atomic E-state index is 13.3. The minimum Gasteiger partial charge on any atom is -0.493 e. The van der Waals surface area contributed by atoms with Crippen LogP contribution < -0.4 is 14.2 Å². The molecular weight excluding hydrogens is 424 g/mol. The molecule has 182 valence electrons.